The van der Waals surface area contributed by atoms with Crippen LogP contribution < -0.4 is 0 Å². The Hall–Kier alpha value is -4.17. The van der Waals surface area contributed by atoms with E-state index in [4.69, 9.17) is 0 Å². The van der Waals surface area contributed by atoms with Crippen molar-refractivity contribution in [1.82, 2.24) is 29.7 Å². The van der Waals surface area contributed by atoms with Crippen LogP contribution in [0.25, 0.3) is 44.3 Å². The van der Waals surface area contributed by atoms with Crippen LogP contribution in [0.1, 0.15) is 16.8 Å². The Labute approximate surface area is 213 Å². The number of likely N-dealkylation sites (N-methyl/N-ethyl adjacent to an activating group) is 1. The fraction of sp³-hybridized carbons (Fsp3) is 0.241. The van der Waals surface area contributed by atoms with Gasteiger partial charge in [-0.2, -0.15) is 0 Å². The number of carbonyl (C=O) groups is 1. The molecule has 1 aromatic carbocycles. The maximum atomic E-state index is 15.3. The number of likely N-dealkylation sites (tertiary alicyclic amines) is 2. The number of hydrogen-bond donors (Lipinski definition) is 1. The summed E-state index contributed by atoms with van der Waals surface area (Å²) >= 11 is 0. The quantitative estimate of drug-likeness (QED) is 0.393. The third-order valence-corrected chi connectivity index (χ3v) is 7.83. The molecule has 5 aromatic rings. The predicted molar refractivity (Wildman–Crippen MR) is 140 cm³/mol. The largest absolute Gasteiger partial charge is 0.338 e. The molecule has 37 heavy (non-hydrogen) atoms. The zero-order chi connectivity index (χ0) is 25.1. The summed E-state index contributed by atoms with van der Waals surface area (Å²) in [6.45, 7) is 2.77. The molecule has 2 saturated heterocycles. The predicted octanol–water partition coefficient (Wildman–Crippen LogP) is 4.76. The molecule has 2 aliphatic rings. The minimum absolute atomic E-state index is 0.0500. The normalized spacial score (nSPS) is 19.7. The van der Waals surface area contributed by atoms with Crippen molar-refractivity contribution in [2.75, 3.05) is 26.7 Å². The minimum atomic E-state index is -0.413. The highest BCUT2D eigenvalue weighted by atomic mass is 19.1. The molecule has 0 spiro atoms. The summed E-state index contributed by atoms with van der Waals surface area (Å²) in [5.41, 5.74) is 4.78. The van der Waals surface area contributed by atoms with Gasteiger partial charge in [-0.25, -0.2) is 9.37 Å². The molecule has 1 N–H and O–H groups in total. The van der Waals surface area contributed by atoms with Gasteiger partial charge in [-0.15, -0.1) is 0 Å². The maximum Gasteiger partial charge on any atom is 0.254 e. The van der Waals surface area contributed by atoms with Crippen molar-refractivity contribution >= 4 is 27.8 Å². The molecule has 184 valence electrons. The number of nitrogens with zero attached hydrogens (tertiary/aromatic N) is 5. The van der Waals surface area contributed by atoms with Crippen molar-refractivity contribution in [3.8, 4) is 22.4 Å². The number of carbonyl (C=O) groups excluding carboxylic acids is 1. The van der Waals surface area contributed by atoms with Gasteiger partial charge in [-0.3, -0.25) is 14.8 Å². The number of pyridine rings is 3. The molecule has 2 atom stereocenters. The van der Waals surface area contributed by atoms with E-state index in [0.29, 0.717) is 33.6 Å². The molecule has 7 nitrogen and oxygen atoms in total. The van der Waals surface area contributed by atoms with Crippen LogP contribution in [0.5, 0.6) is 0 Å². The first-order valence-corrected chi connectivity index (χ1v) is 12.5. The summed E-state index contributed by atoms with van der Waals surface area (Å²) in [5, 5.41) is 1.53. The van der Waals surface area contributed by atoms with Crippen LogP contribution in [-0.4, -0.2) is 68.4 Å². The van der Waals surface area contributed by atoms with Crippen LogP contribution in [0.15, 0.2) is 67.3 Å². The van der Waals surface area contributed by atoms with Crippen molar-refractivity contribution in [3.05, 3.63) is 78.6 Å². The van der Waals surface area contributed by atoms with E-state index >= 15 is 4.39 Å². The Kier molecular flexibility index (Phi) is 5.04. The molecular weight excluding hydrogens is 467 g/mol. The summed E-state index contributed by atoms with van der Waals surface area (Å²) in [7, 11) is 2.11. The fourth-order valence-corrected chi connectivity index (χ4v) is 6.06. The number of H-pyrrole nitrogens is 1. The monoisotopic (exact) mass is 492 g/mol. The van der Waals surface area contributed by atoms with Crippen LogP contribution in [-0.2, 0) is 0 Å². The van der Waals surface area contributed by atoms with Crippen molar-refractivity contribution in [3.63, 3.8) is 0 Å². The van der Waals surface area contributed by atoms with Gasteiger partial charge in [-0.05, 0) is 55.3 Å². The van der Waals surface area contributed by atoms with Gasteiger partial charge >= 0.3 is 0 Å². The number of hydrogen-bond acceptors (Lipinski definition) is 5. The van der Waals surface area contributed by atoms with Crippen LogP contribution in [0.4, 0.5) is 4.39 Å². The molecule has 0 saturated carbocycles. The molecule has 0 radical (unpaired) electrons. The van der Waals surface area contributed by atoms with Crippen LogP contribution >= 0.6 is 0 Å². The van der Waals surface area contributed by atoms with Crippen molar-refractivity contribution in [2.45, 2.75) is 12.5 Å². The number of aromatic amines is 1. The van der Waals surface area contributed by atoms with Gasteiger partial charge in [0.05, 0.1) is 23.6 Å². The average molecular weight is 493 g/mol. The smallest absolute Gasteiger partial charge is 0.254 e. The molecule has 2 fully saturated rings. The van der Waals surface area contributed by atoms with E-state index < -0.39 is 5.82 Å². The second-order valence-electron chi connectivity index (χ2n) is 10.1. The first kappa shape index (κ1) is 22.1. The summed E-state index contributed by atoms with van der Waals surface area (Å²) in [6, 6.07) is 13.3. The third-order valence-electron chi connectivity index (χ3n) is 7.83. The Morgan fingerprint density at radius 2 is 1.92 bits per heavy atom. The average Bonchev–Trinajstić information content (AvgIpc) is 3.60. The second kappa shape index (κ2) is 8.45. The highest BCUT2D eigenvalue weighted by Gasteiger charge is 2.42. The van der Waals surface area contributed by atoms with E-state index in [0.717, 1.165) is 48.2 Å². The lowest BCUT2D eigenvalue weighted by atomic mass is 9.99. The standard InChI is InChI=1S/C29H25FN6O/c1-35-15-20-8-10-36(25(20)16-35)29(37)18-6-4-17(5-7-18)26-22(30)13-33-28-27(26)21-11-23(32-14-24(21)34-28)19-3-2-9-31-12-19/h2-7,9,11-14,20,25H,8,10,15-16H2,1H3,(H,33,34). The molecule has 2 aliphatic heterocycles. The molecular formula is C29H25FN6O. The van der Waals surface area contributed by atoms with Gasteiger partial charge in [-0.1, -0.05) is 12.1 Å². The molecule has 1 amide bonds. The molecule has 4 aromatic heterocycles. The molecule has 0 bridgehead atoms. The lowest BCUT2D eigenvalue weighted by molar-refractivity contribution is 0.0729. The van der Waals surface area contributed by atoms with E-state index in [1.807, 2.05) is 47.4 Å². The number of rotatable bonds is 3. The number of benzene rings is 1. The molecule has 0 aliphatic carbocycles. The van der Waals surface area contributed by atoms with Crippen molar-refractivity contribution < 1.29 is 9.18 Å². The van der Waals surface area contributed by atoms with Crippen LogP contribution in [0.3, 0.4) is 0 Å². The number of amides is 1. The summed E-state index contributed by atoms with van der Waals surface area (Å²) in [5.74, 6) is 0.193. The fourth-order valence-electron chi connectivity index (χ4n) is 6.06. The number of aromatic nitrogens is 4. The highest BCUT2D eigenvalue weighted by molar-refractivity contribution is 6.13. The zero-order valence-electron chi connectivity index (χ0n) is 20.4. The van der Waals surface area contributed by atoms with Gasteiger partial charge < -0.3 is 14.8 Å². The van der Waals surface area contributed by atoms with E-state index in [9.17, 15) is 4.79 Å². The van der Waals surface area contributed by atoms with E-state index in [2.05, 4.69) is 31.9 Å². The molecule has 8 heteroatoms. The lowest BCUT2D eigenvalue weighted by Crippen LogP contribution is -2.39. The lowest BCUT2D eigenvalue weighted by Gasteiger charge is -2.24. The van der Waals surface area contributed by atoms with Gasteiger partial charge in [0.15, 0.2) is 0 Å². The SMILES string of the molecule is CN1CC2CCN(C(=O)c3ccc(-c4c(F)cnc5[nH]c6cnc(-c7cccnc7)cc6c45)cc3)C2C1. The maximum absolute atomic E-state index is 15.3. The number of fused-ring (bicyclic) bond motifs is 4. The number of nitrogens with one attached hydrogen (secondary N) is 1. The van der Waals surface area contributed by atoms with E-state index in [1.54, 1.807) is 18.6 Å². The van der Waals surface area contributed by atoms with Crippen molar-refractivity contribution in [2.24, 2.45) is 5.92 Å². The first-order chi connectivity index (χ1) is 18.1. The Morgan fingerprint density at radius 3 is 2.73 bits per heavy atom. The van der Waals surface area contributed by atoms with E-state index in [-0.39, 0.29) is 11.9 Å². The van der Waals surface area contributed by atoms with Gasteiger partial charge in [0.25, 0.3) is 5.91 Å². The Morgan fingerprint density at radius 1 is 1.05 bits per heavy atom. The molecule has 7 rings (SSSR count). The Balaban J connectivity index is 1.29. The summed E-state index contributed by atoms with van der Waals surface area (Å²) in [4.78, 5) is 34.0. The Bertz CT molecular complexity index is 1650. The minimum Gasteiger partial charge on any atom is -0.338 e. The molecule has 2 unspecified atom stereocenters. The van der Waals surface area contributed by atoms with E-state index in [1.165, 1.54) is 6.20 Å². The van der Waals surface area contributed by atoms with Gasteiger partial charge in [0.2, 0.25) is 0 Å². The topological polar surface area (TPSA) is 78.0 Å². The third kappa shape index (κ3) is 3.59. The summed E-state index contributed by atoms with van der Waals surface area (Å²) < 4.78 is 15.3. The number of halogens is 1. The van der Waals surface area contributed by atoms with Gasteiger partial charge in [0, 0.05) is 65.5 Å². The molecule has 6 heterocycles. The zero-order valence-corrected chi connectivity index (χ0v) is 20.4. The first-order valence-electron chi connectivity index (χ1n) is 12.5. The summed E-state index contributed by atoms with van der Waals surface area (Å²) in [6.07, 6.45) is 7.50. The van der Waals surface area contributed by atoms with Crippen LogP contribution in [0, 0.1) is 11.7 Å². The van der Waals surface area contributed by atoms with Gasteiger partial charge in [0.1, 0.15) is 11.5 Å². The van der Waals surface area contributed by atoms with Crippen LogP contribution in [0.2, 0.25) is 0 Å². The van der Waals surface area contributed by atoms with Crippen molar-refractivity contribution in [1.29, 1.82) is 0 Å². The second-order valence-corrected chi connectivity index (χ2v) is 10.1. The highest BCUT2D eigenvalue weighted by Crippen LogP contribution is 2.37.